The fraction of sp³-hybridized carbons (Fsp3) is 0.350. The minimum atomic E-state index is -4.72. The monoisotopic (exact) mass is 498 g/mol. The lowest BCUT2D eigenvalue weighted by atomic mass is 10.1. The van der Waals surface area contributed by atoms with Gasteiger partial charge >= 0.3 is 12.3 Å². The fourth-order valence-corrected chi connectivity index (χ4v) is 3.35. The second kappa shape index (κ2) is 11.2. The van der Waals surface area contributed by atoms with Gasteiger partial charge in [0.15, 0.2) is 0 Å². The minimum absolute atomic E-state index is 0. The maximum absolute atomic E-state index is 13.5. The Morgan fingerprint density at radius 2 is 1.90 bits per heavy atom. The van der Waals surface area contributed by atoms with Crippen LogP contribution >= 0.6 is 35.6 Å². The molecular formula is C20H20Cl3F3N2O3. The van der Waals surface area contributed by atoms with Gasteiger partial charge in [0.05, 0.1) is 12.7 Å². The highest BCUT2D eigenvalue weighted by Crippen LogP contribution is 2.28. The Balaban J connectivity index is 0.00000341. The smallest absolute Gasteiger partial charge is 0.426 e. The number of hydrogen-bond donors (Lipinski definition) is 1. The van der Waals surface area contributed by atoms with Crippen molar-refractivity contribution in [3.05, 3.63) is 64.1 Å². The molecule has 1 aliphatic heterocycles. The average molecular weight is 500 g/mol. The lowest BCUT2D eigenvalue weighted by Gasteiger charge is -2.35. The van der Waals surface area contributed by atoms with Crippen molar-refractivity contribution in [2.45, 2.75) is 18.4 Å². The van der Waals surface area contributed by atoms with E-state index in [4.69, 9.17) is 32.7 Å². The molecule has 1 fully saturated rings. The molecule has 0 saturated carbocycles. The van der Waals surface area contributed by atoms with Crippen LogP contribution in [0.4, 0.5) is 23.7 Å². The third kappa shape index (κ3) is 7.73. The third-order valence-electron chi connectivity index (χ3n) is 4.50. The highest BCUT2D eigenvalue weighted by Gasteiger charge is 2.44. The van der Waals surface area contributed by atoms with E-state index in [0.29, 0.717) is 10.0 Å². The van der Waals surface area contributed by atoms with Crippen LogP contribution in [0.2, 0.25) is 10.0 Å². The van der Waals surface area contributed by atoms with Crippen molar-refractivity contribution in [1.82, 2.24) is 4.90 Å². The zero-order valence-corrected chi connectivity index (χ0v) is 18.4. The summed E-state index contributed by atoms with van der Waals surface area (Å²) in [6.07, 6.45) is -8.63. The van der Waals surface area contributed by atoms with E-state index >= 15 is 0 Å². The number of halogens is 6. The topological polar surface area (TPSA) is 50.8 Å². The number of ether oxygens (including phenoxy) is 2. The molecule has 1 saturated heterocycles. The highest BCUT2D eigenvalue weighted by molar-refractivity contribution is 6.30. The predicted octanol–water partition coefficient (Wildman–Crippen LogP) is 5.97. The molecule has 1 unspecified atom stereocenters. The highest BCUT2D eigenvalue weighted by atomic mass is 35.5. The third-order valence-corrected chi connectivity index (χ3v) is 4.99. The van der Waals surface area contributed by atoms with E-state index in [9.17, 15) is 18.0 Å². The molecule has 11 heteroatoms. The van der Waals surface area contributed by atoms with Crippen molar-refractivity contribution >= 4 is 47.4 Å². The van der Waals surface area contributed by atoms with Gasteiger partial charge in [0.1, 0.15) is 0 Å². The Morgan fingerprint density at radius 1 is 1.19 bits per heavy atom. The van der Waals surface area contributed by atoms with E-state index in [1.54, 1.807) is 29.2 Å². The maximum atomic E-state index is 13.5. The van der Waals surface area contributed by atoms with Gasteiger partial charge in [-0.3, -0.25) is 10.2 Å². The lowest BCUT2D eigenvalue weighted by molar-refractivity contribution is -0.209. The number of alkyl halides is 3. The van der Waals surface area contributed by atoms with Gasteiger partial charge in [0.2, 0.25) is 6.10 Å². The summed E-state index contributed by atoms with van der Waals surface area (Å²) < 4.78 is 50.9. The average Bonchev–Trinajstić information content (AvgIpc) is 2.69. The standard InChI is InChI=1S/C20H19Cl2F3N2O3.ClH/c21-14-4-6-16(7-5-14)26-19(28)30-18(20(23,24)25)12-27-8-9-29-17(11-27)13-2-1-3-15(22)10-13;/h1-7,10,17-18H,8-9,11-12H2,(H,26,28);1H/t17?,18-;/m0./s1. The molecule has 0 aliphatic carbocycles. The number of anilines is 1. The Bertz CT molecular complexity index is 869. The molecule has 2 aromatic carbocycles. The second-order valence-corrected chi connectivity index (χ2v) is 7.61. The van der Waals surface area contributed by atoms with Crippen LogP contribution in [-0.2, 0) is 9.47 Å². The van der Waals surface area contributed by atoms with Crippen LogP contribution in [0.3, 0.4) is 0 Å². The molecule has 1 heterocycles. The van der Waals surface area contributed by atoms with Crippen LogP contribution < -0.4 is 5.32 Å². The first-order chi connectivity index (χ1) is 14.2. The molecule has 5 nitrogen and oxygen atoms in total. The van der Waals surface area contributed by atoms with E-state index in [2.05, 4.69) is 5.32 Å². The summed E-state index contributed by atoms with van der Waals surface area (Å²) in [5.74, 6) is 0. The van der Waals surface area contributed by atoms with Gasteiger partial charge in [0, 0.05) is 35.4 Å². The molecule has 1 aliphatic rings. The van der Waals surface area contributed by atoms with Crippen LogP contribution in [-0.4, -0.2) is 49.5 Å². The molecular weight excluding hydrogens is 480 g/mol. The van der Waals surface area contributed by atoms with E-state index < -0.39 is 31.0 Å². The molecule has 170 valence electrons. The summed E-state index contributed by atoms with van der Waals surface area (Å²) in [6, 6.07) is 12.9. The predicted molar refractivity (Wildman–Crippen MR) is 115 cm³/mol. The number of morpholine rings is 1. The first-order valence-corrected chi connectivity index (χ1v) is 9.85. The van der Waals surface area contributed by atoms with Crippen LogP contribution in [0.1, 0.15) is 11.7 Å². The number of nitrogens with one attached hydrogen (secondary N) is 1. The molecule has 3 rings (SSSR count). The Labute approximate surface area is 193 Å². The molecule has 1 N–H and O–H groups in total. The Hall–Kier alpha value is -1.71. The minimum Gasteiger partial charge on any atom is -0.435 e. The Kier molecular flexibility index (Phi) is 9.27. The molecule has 0 radical (unpaired) electrons. The number of amides is 1. The fourth-order valence-electron chi connectivity index (χ4n) is 3.03. The van der Waals surface area contributed by atoms with E-state index in [1.807, 2.05) is 0 Å². The number of rotatable bonds is 5. The van der Waals surface area contributed by atoms with E-state index in [0.717, 1.165) is 5.56 Å². The Morgan fingerprint density at radius 3 is 2.55 bits per heavy atom. The zero-order valence-electron chi connectivity index (χ0n) is 16.1. The molecule has 0 spiro atoms. The summed E-state index contributed by atoms with van der Waals surface area (Å²) >= 11 is 11.7. The van der Waals surface area contributed by atoms with Crippen LogP contribution in [0.15, 0.2) is 48.5 Å². The number of hydrogen-bond acceptors (Lipinski definition) is 4. The van der Waals surface area contributed by atoms with Crippen molar-refractivity contribution in [3.63, 3.8) is 0 Å². The number of carbonyl (C=O) groups excluding carboxylic acids is 1. The quantitative estimate of drug-likeness (QED) is 0.551. The van der Waals surface area contributed by atoms with Crippen molar-refractivity contribution in [3.8, 4) is 0 Å². The number of benzene rings is 2. The van der Waals surface area contributed by atoms with Crippen molar-refractivity contribution in [2.75, 3.05) is 31.6 Å². The van der Waals surface area contributed by atoms with Gasteiger partial charge in [-0.1, -0.05) is 35.3 Å². The molecule has 31 heavy (non-hydrogen) atoms. The van der Waals surface area contributed by atoms with Crippen LogP contribution in [0, 0.1) is 0 Å². The van der Waals surface area contributed by atoms with Gasteiger partial charge in [-0.2, -0.15) is 13.2 Å². The summed E-state index contributed by atoms with van der Waals surface area (Å²) in [5, 5.41) is 3.22. The maximum Gasteiger partial charge on any atom is 0.426 e. The first-order valence-electron chi connectivity index (χ1n) is 9.10. The lowest BCUT2D eigenvalue weighted by Crippen LogP contribution is -2.48. The van der Waals surface area contributed by atoms with E-state index in [-0.39, 0.29) is 37.8 Å². The molecule has 2 aromatic rings. The van der Waals surface area contributed by atoms with Crippen molar-refractivity contribution in [1.29, 1.82) is 0 Å². The number of carbonyl (C=O) groups is 1. The summed E-state index contributed by atoms with van der Waals surface area (Å²) in [4.78, 5) is 13.6. The summed E-state index contributed by atoms with van der Waals surface area (Å²) in [7, 11) is 0. The zero-order chi connectivity index (χ0) is 21.7. The summed E-state index contributed by atoms with van der Waals surface area (Å²) in [6.45, 7) is 0.248. The van der Waals surface area contributed by atoms with Gasteiger partial charge < -0.3 is 9.47 Å². The van der Waals surface area contributed by atoms with Gasteiger partial charge in [0.25, 0.3) is 0 Å². The van der Waals surface area contributed by atoms with E-state index in [1.165, 1.54) is 24.3 Å². The summed E-state index contributed by atoms with van der Waals surface area (Å²) in [5.41, 5.74) is 1.05. The molecule has 2 atom stereocenters. The van der Waals surface area contributed by atoms with Gasteiger partial charge in [-0.15, -0.1) is 12.4 Å². The normalized spacial score (nSPS) is 18.0. The van der Waals surface area contributed by atoms with Gasteiger partial charge in [-0.05, 0) is 42.0 Å². The SMILES string of the molecule is Cl.O=C(Nc1ccc(Cl)cc1)O[C@@H](CN1CCOC(c2cccc(Cl)c2)C1)C(F)(F)F. The van der Waals surface area contributed by atoms with Crippen molar-refractivity contribution in [2.24, 2.45) is 0 Å². The van der Waals surface area contributed by atoms with Crippen molar-refractivity contribution < 1.29 is 27.4 Å². The number of nitrogens with zero attached hydrogens (tertiary/aromatic N) is 1. The van der Waals surface area contributed by atoms with Crippen LogP contribution in [0.25, 0.3) is 0 Å². The first kappa shape index (κ1) is 25.5. The second-order valence-electron chi connectivity index (χ2n) is 6.74. The molecule has 0 bridgehead atoms. The largest absolute Gasteiger partial charge is 0.435 e. The molecule has 1 amide bonds. The van der Waals surface area contributed by atoms with Gasteiger partial charge in [-0.25, -0.2) is 4.79 Å². The van der Waals surface area contributed by atoms with Crippen LogP contribution in [0.5, 0.6) is 0 Å². The molecule has 0 aromatic heterocycles.